The summed E-state index contributed by atoms with van der Waals surface area (Å²) in [6, 6.07) is 2.04. The largest absolute Gasteiger partial charge is 0.311 e. The molecule has 2 heterocycles. The second-order valence-corrected chi connectivity index (χ2v) is 4.52. The average molecular weight is 199 g/mol. The molecule has 1 saturated heterocycles. The van der Waals surface area contributed by atoms with Crippen molar-refractivity contribution in [3.63, 3.8) is 0 Å². The second kappa shape index (κ2) is 3.76. The first-order chi connectivity index (χ1) is 6.29. The molecule has 1 fully saturated rings. The van der Waals surface area contributed by atoms with E-state index < -0.39 is 6.17 Å². The van der Waals surface area contributed by atoms with Gasteiger partial charge in [0, 0.05) is 10.9 Å². The van der Waals surface area contributed by atoms with Gasteiger partial charge in [0.15, 0.2) is 0 Å². The van der Waals surface area contributed by atoms with Gasteiger partial charge < -0.3 is 5.32 Å². The van der Waals surface area contributed by atoms with E-state index in [-0.39, 0.29) is 6.04 Å². The topological polar surface area (TPSA) is 12.0 Å². The molecule has 13 heavy (non-hydrogen) atoms. The number of alkyl halides is 1. The predicted molar refractivity (Wildman–Crippen MR) is 53.9 cm³/mol. The lowest BCUT2D eigenvalue weighted by molar-refractivity contribution is 0.275. The van der Waals surface area contributed by atoms with E-state index in [1.807, 2.05) is 18.4 Å². The van der Waals surface area contributed by atoms with E-state index in [1.165, 1.54) is 11.3 Å². The Morgan fingerprint density at radius 2 is 2.54 bits per heavy atom. The molecule has 1 N–H and O–H groups in total. The Kier molecular flexibility index (Phi) is 2.65. The molecule has 1 aliphatic heterocycles. The molecule has 1 aliphatic rings. The maximum atomic E-state index is 13.9. The van der Waals surface area contributed by atoms with Gasteiger partial charge in [-0.1, -0.05) is 0 Å². The summed E-state index contributed by atoms with van der Waals surface area (Å²) in [5, 5.41) is 5.17. The molecule has 0 radical (unpaired) electrons. The van der Waals surface area contributed by atoms with E-state index in [1.54, 1.807) is 0 Å². The van der Waals surface area contributed by atoms with Crippen LogP contribution in [0.25, 0.3) is 0 Å². The molecule has 3 heteroatoms. The van der Waals surface area contributed by atoms with Gasteiger partial charge in [-0.25, -0.2) is 4.39 Å². The quantitative estimate of drug-likeness (QED) is 0.772. The van der Waals surface area contributed by atoms with Crippen LogP contribution in [0, 0.1) is 6.92 Å². The zero-order valence-corrected chi connectivity index (χ0v) is 8.53. The molecule has 0 amide bonds. The van der Waals surface area contributed by atoms with Crippen LogP contribution in [0.2, 0.25) is 0 Å². The molecule has 0 spiro atoms. The van der Waals surface area contributed by atoms with Crippen LogP contribution in [0.15, 0.2) is 11.4 Å². The predicted octanol–water partition coefficient (Wildman–Crippen LogP) is 2.82. The summed E-state index contributed by atoms with van der Waals surface area (Å²) in [5.41, 5.74) is 1.09. The van der Waals surface area contributed by atoms with E-state index in [0.717, 1.165) is 29.8 Å². The van der Waals surface area contributed by atoms with Crippen LogP contribution in [0.4, 0.5) is 4.39 Å². The second-order valence-electron chi connectivity index (χ2n) is 3.57. The van der Waals surface area contributed by atoms with Gasteiger partial charge in [0.25, 0.3) is 0 Å². The zero-order chi connectivity index (χ0) is 9.26. The Morgan fingerprint density at radius 3 is 3.08 bits per heavy atom. The van der Waals surface area contributed by atoms with Crippen LogP contribution in [0.1, 0.15) is 29.5 Å². The Bertz CT molecular complexity index is 278. The van der Waals surface area contributed by atoms with Gasteiger partial charge in [-0.2, -0.15) is 0 Å². The van der Waals surface area contributed by atoms with Crippen molar-refractivity contribution < 1.29 is 4.39 Å². The number of aryl methyl sites for hydroxylation is 1. The van der Waals surface area contributed by atoms with Crippen molar-refractivity contribution in [2.75, 3.05) is 6.54 Å². The molecule has 1 aromatic heterocycles. The molecular formula is C10H14FNS. The third-order valence-corrected chi connectivity index (χ3v) is 3.68. The fourth-order valence-electron chi connectivity index (χ4n) is 1.81. The van der Waals surface area contributed by atoms with Crippen LogP contribution >= 0.6 is 11.3 Å². The standard InChI is InChI=1S/C10H14FNS/c1-7-4-6-13-10(7)9(11)8-3-2-5-12-8/h4,6,8-9,12H,2-3,5H2,1H3. The van der Waals surface area contributed by atoms with Gasteiger partial charge in [0.05, 0.1) is 0 Å². The SMILES string of the molecule is Cc1ccsc1C(F)C1CCCN1. The van der Waals surface area contributed by atoms with Gasteiger partial charge >= 0.3 is 0 Å². The molecule has 2 atom stereocenters. The number of rotatable bonds is 2. The smallest absolute Gasteiger partial charge is 0.150 e. The highest BCUT2D eigenvalue weighted by Crippen LogP contribution is 2.32. The molecule has 0 saturated carbocycles. The third kappa shape index (κ3) is 1.76. The van der Waals surface area contributed by atoms with E-state index in [9.17, 15) is 4.39 Å². The van der Waals surface area contributed by atoms with Crippen molar-refractivity contribution in [2.45, 2.75) is 32.0 Å². The minimum atomic E-state index is -0.803. The van der Waals surface area contributed by atoms with Crippen molar-refractivity contribution in [1.82, 2.24) is 5.32 Å². The van der Waals surface area contributed by atoms with Crippen LogP contribution in [0.5, 0.6) is 0 Å². The Balaban J connectivity index is 2.12. The molecule has 2 unspecified atom stereocenters. The highest BCUT2D eigenvalue weighted by atomic mass is 32.1. The van der Waals surface area contributed by atoms with Crippen molar-refractivity contribution in [2.24, 2.45) is 0 Å². The van der Waals surface area contributed by atoms with Crippen LogP contribution in [-0.4, -0.2) is 12.6 Å². The molecule has 0 aliphatic carbocycles. The summed E-state index contributed by atoms with van der Waals surface area (Å²) in [6.45, 7) is 2.95. The van der Waals surface area contributed by atoms with Crippen LogP contribution in [0.3, 0.4) is 0 Å². The lowest BCUT2D eigenvalue weighted by Crippen LogP contribution is -2.26. The first-order valence-corrected chi connectivity index (χ1v) is 5.58. The van der Waals surface area contributed by atoms with E-state index in [2.05, 4.69) is 5.32 Å². The molecule has 72 valence electrons. The van der Waals surface area contributed by atoms with Crippen molar-refractivity contribution in [3.05, 3.63) is 21.9 Å². The molecule has 1 nitrogen and oxygen atoms in total. The van der Waals surface area contributed by atoms with Crippen molar-refractivity contribution in [3.8, 4) is 0 Å². The zero-order valence-electron chi connectivity index (χ0n) is 7.72. The Labute approximate surface area is 82.0 Å². The Hall–Kier alpha value is -0.410. The lowest BCUT2D eigenvalue weighted by atomic mass is 10.1. The summed E-state index contributed by atoms with van der Waals surface area (Å²) in [4.78, 5) is 0.902. The third-order valence-electron chi connectivity index (χ3n) is 2.60. The van der Waals surface area contributed by atoms with Crippen LogP contribution in [-0.2, 0) is 0 Å². The van der Waals surface area contributed by atoms with Crippen molar-refractivity contribution >= 4 is 11.3 Å². The minimum Gasteiger partial charge on any atom is -0.311 e. The maximum absolute atomic E-state index is 13.9. The molecular weight excluding hydrogens is 185 g/mol. The van der Waals surface area contributed by atoms with Gasteiger partial charge in [-0.3, -0.25) is 0 Å². The number of hydrogen-bond donors (Lipinski definition) is 1. The number of hydrogen-bond acceptors (Lipinski definition) is 2. The highest BCUT2D eigenvalue weighted by Gasteiger charge is 2.27. The summed E-state index contributed by atoms with van der Waals surface area (Å²) in [5.74, 6) is 0. The monoisotopic (exact) mass is 199 g/mol. The van der Waals surface area contributed by atoms with Gasteiger partial charge in [-0.15, -0.1) is 11.3 Å². The number of nitrogens with one attached hydrogen (secondary N) is 1. The molecule has 0 aromatic carbocycles. The van der Waals surface area contributed by atoms with Gasteiger partial charge in [0.2, 0.25) is 0 Å². The fraction of sp³-hybridized carbons (Fsp3) is 0.600. The highest BCUT2D eigenvalue weighted by molar-refractivity contribution is 7.10. The summed E-state index contributed by atoms with van der Waals surface area (Å²) in [7, 11) is 0. The molecule has 1 aromatic rings. The maximum Gasteiger partial charge on any atom is 0.150 e. The van der Waals surface area contributed by atoms with Gasteiger partial charge in [-0.05, 0) is 43.3 Å². The molecule has 0 bridgehead atoms. The summed E-state index contributed by atoms with van der Waals surface area (Å²) >= 11 is 1.53. The number of thiophene rings is 1. The van der Waals surface area contributed by atoms with Gasteiger partial charge in [0.1, 0.15) is 6.17 Å². The number of halogens is 1. The lowest BCUT2D eigenvalue weighted by Gasteiger charge is -2.15. The minimum absolute atomic E-state index is 0.0531. The normalized spacial score (nSPS) is 24.9. The summed E-state index contributed by atoms with van der Waals surface area (Å²) < 4.78 is 13.9. The first kappa shape index (κ1) is 9.16. The Morgan fingerprint density at radius 1 is 1.69 bits per heavy atom. The van der Waals surface area contributed by atoms with E-state index in [0.29, 0.717) is 0 Å². The summed E-state index contributed by atoms with van der Waals surface area (Å²) in [6.07, 6.45) is 1.27. The van der Waals surface area contributed by atoms with Crippen LogP contribution < -0.4 is 5.32 Å². The average Bonchev–Trinajstić information content (AvgIpc) is 2.72. The molecule has 2 rings (SSSR count). The van der Waals surface area contributed by atoms with Crippen molar-refractivity contribution in [1.29, 1.82) is 0 Å². The fourth-order valence-corrected chi connectivity index (χ4v) is 2.78. The van der Waals surface area contributed by atoms with E-state index in [4.69, 9.17) is 0 Å². The van der Waals surface area contributed by atoms with E-state index >= 15 is 0 Å². The first-order valence-electron chi connectivity index (χ1n) is 4.70.